The van der Waals surface area contributed by atoms with Crippen molar-refractivity contribution in [1.29, 1.82) is 0 Å². The summed E-state index contributed by atoms with van der Waals surface area (Å²) >= 11 is 62.8. The van der Waals surface area contributed by atoms with Crippen molar-refractivity contribution in [2.75, 3.05) is 13.1 Å². The van der Waals surface area contributed by atoms with E-state index in [0.29, 0.717) is 38.0 Å². The molecule has 260 valence electrons. The van der Waals surface area contributed by atoms with Gasteiger partial charge >= 0.3 is 34.2 Å². The van der Waals surface area contributed by atoms with E-state index < -0.39 is 71.3 Å². The average Bonchev–Trinajstić information content (AvgIpc) is 2.66. The van der Waals surface area contributed by atoms with Gasteiger partial charge in [0.25, 0.3) is 23.6 Å². The maximum absolute atomic E-state index is 6.95. The minimum Gasteiger partial charge on any atom is -0.416 e. The summed E-state index contributed by atoms with van der Waals surface area (Å²) in [5.74, 6) is -12.5. The van der Waals surface area contributed by atoms with Crippen molar-refractivity contribution in [3.8, 4) is 0 Å². The number of rotatable bonds is 10. The molecule has 0 saturated carbocycles. The molecule has 4 atom stereocenters. The Morgan fingerprint density at radius 1 is 0.455 bits per heavy atom. The van der Waals surface area contributed by atoms with Crippen LogP contribution < -0.4 is 10.2 Å². The van der Waals surface area contributed by atoms with Gasteiger partial charge in [0.2, 0.25) is 13.4 Å². The van der Waals surface area contributed by atoms with Crippen LogP contribution in [-0.4, -0.2) is 47.3 Å². The molecule has 3 rings (SSSR count). The van der Waals surface area contributed by atoms with E-state index in [2.05, 4.69) is 37.3 Å². The number of halogens is 10. The zero-order valence-corrected chi connectivity index (χ0v) is 40.9. The molecule has 0 spiro atoms. The minimum absolute atomic E-state index is 0.407. The fourth-order valence-corrected chi connectivity index (χ4v) is 61.3. The van der Waals surface area contributed by atoms with E-state index in [1.54, 1.807) is 0 Å². The molecule has 3 aliphatic heterocycles. The Morgan fingerprint density at radius 3 is 1.09 bits per heavy atom. The van der Waals surface area contributed by atoms with Crippen LogP contribution in [0.5, 0.6) is 0 Å². The molecule has 0 radical (unpaired) electrons. The van der Waals surface area contributed by atoms with Crippen LogP contribution in [0.1, 0.15) is 12.8 Å². The first-order chi connectivity index (χ1) is 19.5. The fraction of sp³-hybridized carbons (Fsp3) is 1.00. The van der Waals surface area contributed by atoms with Gasteiger partial charge in [-0.1, -0.05) is 0 Å². The molecule has 32 heteroatoms. The Balaban J connectivity index is 1.72. The number of nitrogens with zero attached hydrogens (tertiary/aromatic N) is 6. The van der Waals surface area contributed by atoms with Crippen molar-refractivity contribution in [2.24, 2.45) is 27.1 Å². The summed E-state index contributed by atoms with van der Waals surface area (Å²) in [5.41, 5.74) is 0. The minimum atomic E-state index is -3.13. The maximum Gasteiger partial charge on any atom is 0.317 e. The smallest absolute Gasteiger partial charge is 0.317 e. The van der Waals surface area contributed by atoms with Crippen molar-refractivity contribution in [3.63, 3.8) is 0 Å². The van der Waals surface area contributed by atoms with Gasteiger partial charge in [-0.2, -0.15) is 27.1 Å². The van der Waals surface area contributed by atoms with E-state index in [-0.39, 0.29) is 0 Å². The van der Waals surface area contributed by atoms with Crippen LogP contribution in [0.15, 0.2) is 27.1 Å². The molecule has 44 heavy (non-hydrogen) atoms. The number of nitrogens with one attached hydrogen (secondary N) is 2. The molecule has 3 heterocycles. The van der Waals surface area contributed by atoms with Crippen molar-refractivity contribution in [3.05, 3.63) is 0 Å². The summed E-state index contributed by atoms with van der Waals surface area (Å²) in [4.78, 5) is 0. The number of hydrogen-bond donors (Lipinski definition) is 2. The molecular weight excluding hydrogens is 973 g/mol. The molecule has 12 nitrogen and oxygen atoms in total. The molecular formula is C12H32Cl10N8O4P6Si4. The highest BCUT2D eigenvalue weighted by molar-refractivity contribution is 8.23. The van der Waals surface area contributed by atoms with Crippen LogP contribution in [0.4, 0.5) is 0 Å². The summed E-state index contributed by atoms with van der Waals surface area (Å²) in [6.07, 6.45) is 1.22. The SMILES string of the molecule is C[Si]1(C)O[Si](C)(C)O[Si](C)(CCCNP2(Cl)=NP(Cl)(Cl)=NP(Cl)(Cl)=N2)O[Si](C)(CCCNP2(Cl)=NP(Cl)(Cl)=NP(Cl)(Cl)=N2)O1. The molecule has 1 fully saturated rings. The zero-order valence-electron chi connectivity index (χ0n) is 24.0. The van der Waals surface area contributed by atoms with E-state index in [1.165, 1.54) is 0 Å². The highest BCUT2D eigenvalue weighted by Gasteiger charge is 2.53. The van der Waals surface area contributed by atoms with Gasteiger partial charge in [-0.15, -0.1) is 0 Å². The molecule has 0 aromatic carbocycles. The van der Waals surface area contributed by atoms with Crippen LogP contribution in [0.2, 0.25) is 51.4 Å². The molecule has 0 aliphatic carbocycles. The van der Waals surface area contributed by atoms with Crippen molar-refractivity contribution >= 4 is 184 Å². The van der Waals surface area contributed by atoms with Gasteiger partial charge in [0.1, 0.15) is 0 Å². The third-order valence-electron chi connectivity index (χ3n) is 5.42. The number of hydrogen-bond acceptors (Lipinski definition) is 12. The summed E-state index contributed by atoms with van der Waals surface area (Å²) in [5, 5.41) is 6.28. The van der Waals surface area contributed by atoms with E-state index in [0.717, 1.165) is 0 Å². The van der Waals surface area contributed by atoms with Crippen LogP contribution in [0.3, 0.4) is 0 Å². The molecule has 0 aromatic rings. The Morgan fingerprint density at radius 2 is 0.773 bits per heavy atom. The normalized spacial score (nSPS) is 38.2. The first-order valence-electron chi connectivity index (χ1n) is 12.6. The first kappa shape index (κ1) is 43.3. The van der Waals surface area contributed by atoms with Gasteiger partial charge in [-0.05, 0) is 177 Å². The summed E-state index contributed by atoms with van der Waals surface area (Å²) in [6, 6.07) is 1.20. The average molecular weight is 1010 g/mol. The second-order valence-electron chi connectivity index (χ2n) is 10.9. The third-order valence-corrected chi connectivity index (χ3v) is 47.5. The van der Waals surface area contributed by atoms with Crippen LogP contribution in [0, 0.1) is 0 Å². The summed E-state index contributed by atoms with van der Waals surface area (Å²) in [6.45, 7) is 6.79. The first-order valence-corrected chi connectivity index (χ1v) is 42.5. The molecule has 0 bridgehead atoms. The monoisotopic (exact) mass is 1000 g/mol. The lowest BCUT2D eigenvalue weighted by Crippen LogP contribution is -2.65. The van der Waals surface area contributed by atoms with E-state index in [4.69, 9.17) is 129 Å². The zero-order chi connectivity index (χ0) is 33.7. The lowest BCUT2D eigenvalue weighted by molar-refractivity contribution is 0.229. The Bertz CT molecular complexity index is 1370. The predicted octanol–water partition coefficient (Wildman–Crippen LogP) is 15.7. The predicted molar refractivity (Wildman–Crippen MR) is 212 cm³/mol. The maximum atomic E-state index is 6.95. The lowest BCUT2D eigenvalue weighted by Gasteiger charge is -2.48. The second-order valence-corrected chi connectivity index (χ2v) is 52.2. The molecule has 2 N–H and O–H groups in total. The van der Waals surface area contributed by atoms with Gasteiger partial charge < -0.3 is 16.5 Å². The molecule has 4 unspecified atom stereocenters. The lowest BCUT2D eigenvalue weighted by atomic mass is 10.5. The van der Waals surface area contributed by atoms with Crippen LogP contribution in [0.25, 0.3) is 0 Å². The standard InChI is InChI=1S/C12H32Cl10N8O4P6Si4/c1-41(2)31-42(3,4)33-44(6,12-8-10-24-40(22)29-37(17,18)26-38(19,20)30-40)34-43(5,32-41)11-7-9-23-39(21)27-35(13,14)25-36(15,16)28-39/h23-24H,7-12H2,1-6H3. The fourth-order valence-electron chi connectivity index (χ4n) is 4.70. The van der Waals surface area contributed by atoms with Gasteiger partial charge in [-0.3, -0.25) is 10.2 Å². The van der Waals surface area contributed by atoms with Gasteiger partial charge in [0.15, 0.2) is 0 Å². The van der Waals surface area contributed by atoms with Gasteiger partial charge in [0.05, 0.1) is 0 Å². The van der Waals surface area contributed by atoms with E-state index >= 15 is 0 Å². The quantitative estimate of drug-likeness (QED) is 0.127. The van der Waals surface area contributed by atoms with E-state index in [1.807, 2.05) is 39.3 Å². The highest BCUT2D eigenvalue weighted by atomic mass is 35.9. The third kappa shape index (κ3) is 14.4. The molecule has 0 aromatic heterocycles. The molecule has 0 amide bonds. The Kier molecular flexibility index (Phi) is 15.1. The van der Waals surface area contributed by atoms with Crippen LogP contribution >= 0.6 is 149 Å². The second kappa shape index (κ2) is 15.3. The Hall–Kier alpha value is 4.91. The van der Waals surface area contributed by atoms with Crippen molar-refractivity contribution in [1.82, 2.24) is 10.2 Å². The van der Waals surface area contributed by atoms with Crippen molar-refractivity contribution in [2.45, 2.75) is 64.2 Å². The Labute approximate surface area is 311 Å². The van der Waals surface area contributed by atoms with Gasteiger partial charge in [0, 0.05) is 13.1 Å². The largest absolute Gasteiger partial charge is 0.416 e. The van der Waals surface area contributed by atoms with Crippen LogP contribution in [-0.2, 0) is 16.5 Å². The topological polar surface area (TPSA) is 135 Å². The molecule has 3 aliphatic rings. The van der Waals surface area contributed by atoms with E-state index in [9.17, 15) is 0 Å². The van der Waals surface area contributed by atoms with Gasteiger partial charge in [-0.25, -0.2) is 0 Å². The summed E-state index contributed by atoms with van der Waals surface area (Å²) in [7, 11) is -10.9. The van der Waals surface area contributed by atoms with Crippen molar-refractivity contribution < 1.29 is 16.5 Å². The summed E-state index contributed by atoms with van der Waals surface area (Å²) < 4.78 is 51.9. The molecule has 1 saturated heterocycles. The highest BCUT2D eigenvalue weighted by Crippen LogP contribution is 2.86.